The summed E-state index contributed by atoms with van der Waals surface area (Å²) in [6, 6.07) is 4.85. The normalized spacial score (nSPS) is 19.2. The van der Waals surface area contributed by atoms with Gasteiger partial charge >= 0.3 is 0 Å². The molecule has 1 aromatic rings. The van der Waals surface area contributed by atoms with E-state index in [-0.39, 0.29) is 23.2 Å². The lowest BCUT2D eigenvalue weighted by atomic mass is 9.96. The van der Waals surface area contributed by atoms with Crippen LogP contribution in [0.3, 0.4) is 0 Å². The van der Waals surface area contributed by atoms with Crippen molar-refractivity contribution in [3.05, 3.63) is 33.9 Å². The Balaban J connectivity index is 2.09. The standard InChI is InChI=1S/C14H20N4O3/c1-16-14(19)11-5-3-7-17(9-11)8-10-4-2-6-12(13(10)15)18(20)21/h2,4,6,11H,3,5,7-9,15H2,1H3,(H,16,19). The van der Waals surface area contributed by atoms with Gasteiger partial charge in [0.1, 0.15) is 5.69 Å². The van der Waals surface area contributed by atoms with Crippen LogP contribution in [0.4, 0.5) is 11.4 Å². The number of amides is 1. The number of nitrogen functional groups attached to an aromatic ring is 1. The zero-order valence-corrected chi connectivity index (χ0v) is 12.0. The van der Waals surface area contributed by atoms with E-state index in [1.54, 1.807) is 19.2 Å². The van der Waals surface area contributed by atoms with Crippen LogP contribution < -0.4 is 11.1 Å². The maximum absolute atomic E-state index is 11.7. The number of anilines is 1. The van der Waals surface area contributed by atoms with Crippen LogP contribution in [0.2, 0.25) is 0 Å². The number of benzene rings is 1. The van der Waals surface area contributed by atoms with Gasteiger partial charge in [0.05, 0.1) is 10.8 Å². The first-order chi connectivity index (χ1) is 10.0. The first-order valence-electron chi connectivity index (χ1n) is 6.98. The summed E-state index contributed by atoms with van der Waals surface area (Å²) in [6.07, 6.45) is 1.81. The second kappa shape index (κ2) is 6.53. The lowest BCUT2D eigenvalue weighted by molar-refractivity contribution is -0.384. The van der Waals surface area contributed by atoms with Gasteiger partial charge in [-0.25, -0.2) is 0 Å². The molecule has 1 saturated heterocycles. The van der Waals surface area contributed by atoms with E-state index in [0.29, 0.717) is 13.1 Å². The molecule has 1 fully saturated rings. The van der Waals surface area contributed by atoms with Gasteiger partial charge < -0.3 is 11.1 Å². The molecule has 1 aliphatic rings. The smallest absolute Gasteiger partial charge is 0.292 e. The van der Waals surface area contributed by atoms with Crippen molar-refractivity contribution in [1.29, 1.82) is 0 Å². The molecule has 7 heteroatoms. The van der Waals surface area contributed by atoms with Crippen LogP contribution in [0.15, 0.2) is 18.2 Å². The number of nitro benzene ring substituents is 1. The van der Waals surface area contributed by atoms with Crippen LogP contribution in [0.1, 0.15) is 18.4 Å². The number of nitrogens with two attached hydrogens (primary N) is 1. The zero-order chi connectivity index (χ0) is 15.4. The summed E-state index contributed by atoms with van der Waals surface area (Å²) in [6.45, 7) is 2.05. The molecule has 0 bridgehead atoms. The molecular formula is C14H20N4O3. The van der Waals surface area contributed by atoms with Crippen LogP contribution in [-0.4, -0.2) is 35.9 Å². The quantitative estimate of drug-likeness (QED) is 0.492. The highest BCUT2D eigenvalue weighted by atomic mass is 16.6. The summed E-state index contributed by atoms with van der Waals surface area (Å²) < 4.78 is 0. The first kappa shape index (κ1) is 15.2. The average molecular weight is 292 g/mol. The summed E-state index contributed by atoms with van der Waals surface area (Å²) in [5, 5.41) is 13.6. The number of piperidine rings is 1. The number of hydrogen-bond acceptors (Lipinski definition) is 5. The molecule has 3 N–H and O–H groups in total. The van der Waals surface area contributed by atoms with Gasteiger partial charge in [-0.15, -0.1) is 0 Å². The van der Waals surface area contributed by atoms with Crippen molar-refractivity contribution in [3.63, 3.8) is 0 Å². The van der Waals surface area contributed by atoms with Gasteiger partial charge in [-0.2, -0.15) is 0 Å². The molecule has 2 rings (SSSR count). The van der Waals surface area contributed by atoms with Crippen LogP contribution in [0.5, 0.6) is 0 Å². The lowest BCUT2D eigenvalue weighted by Gasteiger charge is -2.31. The van der Waals surface area contributed by atoms with E-state index in [4.69, 9.17) is 5.73 Å². The van der Waals surface area contributed by atoms with Crippen molar-refractivity contribution < 1.29 is 9.72 Å². The highest BCUT2D eigenvalue weighted by Crippen LogP contribution is 2.27. The van der Waals surface area contributed by atoms with Gasteiger partial charge in [0.25, 0.3) is 5.69 Å². The Morgan fingerprint density at radius 3 is 3.00 bits per heavy atom. The Bertz CT molecular complexity index is 547. The van der Waals surface area contributed by atoms with Crippen molar-refractivity contribution in [2.45, 2.75) is 19.4 Å². The summed E-state index contributed by atoms with van der Waals surface area (Å²) in [5.74, 6) is 0.0235. The Hall–Kier alpha value is -2.15. The molecule has 1 aromatic carbocycles. The minimum absolute atomic E-state index is 0.0244. The number of nitrogens with zero attached hydrogens (tertiary/aromatic N) is 2. The molecule has 1 unspecified atom stereocenters. The first-order valence-corrected chi connectivity index (χ1v) is 6.98. The van der Waals surface area contributed by atoms with E-state index in [0.717, 1.165) is 24.9 Å². The second-order valence-electron chi connectivity index (χ2n) is 5.30. The van der Waals surface area contributed by atoms with E-state index in [9.17, 15) is 14.9 Å². The number of nitro groups is 1. The average Bonchev–Trinajstić information content (AvgIpc) is 2.48. The number of para-hydroxylation sites is 1. The van der Waals surface area contributed by atoms with Crippen molar-refractivity contribution in [2.24, 2.45) is 5.92 Å². The molecule has 0 spiro atoms. The monoisotopic (exact) mass is 292 g/mol. The Kier molecular flexibility index (Phi) is 4.74. The molecule has 0 radical (unpaired) electrons. The van der Waals surface area contributed by atoms with Crippen molar-refractivity contribution in [3.8, 4) is 0 Å². The molecule has 21 heavy (non-hydrogen) atoms. The molecule has 0 saturated carbocycles. The fourth-order valence-electron chi connectivity index (χ4n) is 2.75. The van der Waals surface area contributed by atoms with Crippen LogP contribution in [0, 0.1) is 16.0 Å². The van der Waals surface area contributed by atoms with Gasteiger partial charge in [0, 0.05) is 26.2 Å². The third kappa shape index (κ3) is 3.49. The highest BCUT2D eigenvalue weighted by Gasteiger charge is 2.26. The molecule has 7 nitrogen and oxygen atoms in total. The maximum Gasteiger partial charge on any atom is 0.292 e. The SMILES string of the molecule is CNC(=O)C1CCCN(Cc2cccc([N+](=O)[O-])c2N)C1. The third-order valence-corrected chi connectivity index (χ3v) is 3.89. The lowest BCUT2D eigenvalue weighted by Crippen LogP contribution is -2.41. The summed E-state index contributed by atoms with van der Waals surface area (Å²) >= 11 is 0. The predicted octanol–water partition coefficient (Wildman–Crippen LogP) is 1.13. The minimum atomic E-state index is -0.470. The van der Waals surface area contributed by atoms with E-state index < -0.39 is 4.92 Å². The third-order valence-electron chi connectivity index (χ3n) is 3.89. The fourth-order valence-corrected chi connectivity index (χ4v) is 2.75. The molecule has 1 atom stereocenters. The van der Waals surface area contributed by atoms with Gasteiger partial charge in [-0.05, 0) is 24.9 Å². The topological polar surface area (TPSA) is 102 Å². The van der Waals surface area contributed by atoms with Crippen molar-refractivity contribution in [2.75, 3.05) is 25.9 Å². The van der Waals surface area contributed by atoms with Gasteiger partial charge in [-0.1, -0.05) is 12.1 Å². The summed E-state index contributed by atoms with van der Waals surface area (Å²) in [5.41, 5.74) is 6.76. The number of carbonyl (C=O) groups excluding carboxylic acids is 1. The van der Waals surface area contributed by atoms with Crippen LogP contribution in [0.25, 0.3) is 0 Å². The second-order valence-corrected chi connectivity index (χ2v) is 5.30. The van der Waals surface area contributed by atoms with Gasteiger partial charge in [0.2, 0.25) is 5.91 Å². The number of nitrogens with one attached hydrogen (secondary N) is 1. The summed E-state index contributed by atoms with van der Waals surface area (Å²) in [7, 11) is 1.64. The minimum Gasteiger partial charge on any atom is -0.393 e. The number of likely N-dealkylation sites (tertiary alicyclic amines) is 1. The van der Waals surface area contributed by atoms with Crippen molar-refractivity contribution >= 4 is 17.3 Å². The zero-order valence-electron chi connectivity index (χ0n) is 12.0. The molecule has 1 amide bonds. The molecule has 1 heterocycles. The van der Waals surface area contributed by atoms with E-state index in [1.165, 1.54) is 6.07 Å². The Morgan fingerprint density at radius 1 is 1.57 bits per heavy atom. The predicted molar refractivity (Wildman–Crippen MR) is 79.6 cm³/mol. The molecular weight excluding hydrogens is 272 g/mol. The molecule has 114 valence electrons. The molecule has 0 aliphatic carbocycles. The van der Waals surface area contributed by atoms with Crippen LogP contribution in [-0.2, 0) is 11.3 Å². The Morgan fingerprint density at radius 2 is 2.33 bits per heavy atom. The molecule has 0 aromatic heterocycles. The molecule has 1 aliphatic heterocycles. The summed E-state index contributed by atoms with van der Waals surface area (Å²) in [4.78, 5) is 24.3. The largest absolute Gasteiger partial charge is 0.393 e. The number of carbonyl (C=O) groups is 1. The highest BCUT2D eigenvalue weighted by molar-refractivity contribution is 5.78. The van der Waals surface area contributed by atoms with Crippen molar-refractivity contribution in [1.82, 2.24) is 10.2 Å². The fraction of sp³-hybridized carbons (Fsp3) is 0.500. The maximum atomic E-state index is 11.7. The Labute approximate surface area is 123 Å². The van der Waals surface area contributed by atoms with Gasteiger partial charge in [0.15, 0.2) is 0 Å². The van der Waals surface area contributed by atoms with Gasteiger partial charge in [-0.3, -0.25) is 19.8 Å². The number of rotatable bonds is 4. The van der Waals surface area contributed by atoms with Crippen LogP contribution >= 0.6 is 0 Å². The number of hydrogen-bond donors (Lipinski definition) is 2. The van der Waals surface area contributed by atoms with E-state index in [2.05, 4.69) is 10.2 Å². The van der Waals surface area contributed by atoms with E-state index >= 15 is 0 Å². The van der Waals surface area contributed by atoms with E-state index in [1.807, 2.05) is 0 Å².